The van der Waals surface area contributed by atoms with E-state index in [1.54, 1.807) is 0 Å². The normalized spacial score (nSPS) is 11.5. The summed E-state index contributed by atoms with van der Waals surface area (Å²) >= 11 is -2.52. The molecule has 0 amide bonds. The first-order valence-electron chi connectivity index (χ1n) is 9.49. The molecule has 28 heavy (non-hydrogen) atoms. The molecular formula is C24H30As3N. The standard InChI is InChI=1S/C24H30As3N/c1-25(2)19-7-13-22(14-8-19)28(23-15-9-20(10-16-23)26(3)4)24-17-11-21(12-18-24)27(5)6/h7-18H,1-6H3. The van der Waals surface area contributed by atoms with E-state index in [9.17, 15) is 0 Å². The van der Waals surface area contributed by atoms with E-state index in [4.69, 9.17) is 0 Å². The Labute approximate surface area is 184 Å². The number of rotatable bonds is 6. The van der Waals surface area contributed by atoms with Crippen molar-refractivity contribution in [3.05, 3.63) is 72.8 Å². The van der Waals surface area contributed by atoms with E-state index in [1.807, 2.05) is 0 Å². The van der Waals surface area contributed by atoms with E-state index in [0.29, 0.717) is 0 Å². The minimum absolute atomic E-state index is 0.840. The van der Waals surface area contributed by atoms with Crippen LogP contribution in [0.3, 0.4) is 0 Å². The Morgan fingerprint density at radius 3 is 0.786 bits per heavy atom. The van der Waals surface area contributed by atoms with Gasteiger partial charge in [-0.2, -0.15) is 0 Å². The molecule has 0 aromatic heterocycles. The van der Waals surface area contributed by atoms with Crippen molar-refractivity contribution in [2.75, 3.05) is 4.90 Å². The number of nitrogens with zero attached hydrogens (tertiary/aromatic N) is 1. The summed E-state index contributed by atoms with van der Waals surface area (Å²) in [6.07, 6.45) is 0. The van der Waals surface area contributed by atoms with Gasteiger partial charge in [-0.15, -0.1) is 0 Å². The van der Waals surface area contributed by atoms with Crippen LogP contribution in [-0.2, 0) is 0 Å². The molecule has 0 spiro atoms. The van der Waals surface area contributed by atoms with Crippen LogP contribution in [0, 0.1) is 0 Å². The molecule has 0 N–H and O–H groups in total. The van der Waals surface area contributed by atoms with Crippen LogP contribution >= 0.6 is 0 Å². The van der Waals surface area contributed by atoms with Gasteiger partial charge in [-0.25, -0.2) is 0 Å². The minimum atomic E-state index is -0.840. The van der Waals surface area contributed by atoms with Gasteiger partial charge in [0, 0.05) is 0 Å². The van der Waals surface area contributed by atoms with E-state index in [2.05, 4.69) is 112 Å². The third-order valence-electron chi connectivity index (χ3n) is 4.87. The fourth-order valence-corrected chi connectivity index (χ4v) is 7.84. The van der Waals surface area contributed by atoms with Crippen LogP contribution in [0.25, 0.3) is 0 Å². The van der Waals surface area contributed by atoms with Crippen molar-refractivity contribution in [1.29, 1.82) is 0 Å². The van der Waals surface area contributed by atoms with E-state index in [-0.39, 0.29) is 0 Å². The van der Waals surface area contributed by atoms with E-state index in [1.165, 1.54) is 30.1 Å². The maximum absolute atomic E-state index is 2.39. The molecule has 0 bridgehead atoms. The number of hydrogen-bond acceptors (Lipinski definition) is 1. The summed E-state index contributed by atoms with van der Waals surface area (Å²) in [5, 5.41) is 0. The molecule has 0 atom stereocenters. The topological polar surface area (TPSA) is 3.24 Å². The molecule has 0 fully saturated rings. The molecule has 0 aliphatic heterocycles. The quantitative estimate of drug-likeness (QED) is 0.384. The fourth-order valence-electron chi connectivity index (χ4n) is 3.15. The predicted molar refractivity (Wildman–Crippen MR) is 132 cm³/mol. The molecule has 1 nitrogen and oxygen atoms in total. The zero-order valence-electron chi connectivity index (χ0n) is 17.7. The molecule has 0 saturated carbocycles. The van der Waals surface area contributed by atoms with Gasteiger partial charge >= 0.3 is 186 Å². The first kappa shape index (κ1) is 21.8. The van der Waals surface area contributed by atoms with Crippen molar-refractivity contribution in [2.24, 2.45) is 0 Å². The van der Waals surface area contributed by atoms with Gasteiger partial charge in [0.1, 0.15) is 0 Å². The number of hydrogen-bond donors (Lipinski definition) is 0. The number of benzene rings is 3. The number of anilines is 3. The van der Waals surface area contributed by atoms with Gasteiger partial charge in [-0.3, -0.25) is 0 Å². The maximum atomic E-state index is 2.39. The summed E-state index contributed by atoms with van der Waals surface area (Å²) in [4.78, 5) is 2.39. The Kier molecular flexibility index (Phi) is 7.61. The van der Waals surface area contributed by atoms with Gasteiger partial charge in [-0.1, -0.05) is 0 Å². The molecule has 0 saturated heterocycles. The summed E-state index contributed by atoms with van der Waals surface area (Å²) in [6.45, 7) is 0. The average Bonchev–Trinajstić information content (AvgIpc) is 2.69. The Bertz CT molecular complexity index is 760. The molecule has 0 aliphatic carbocycles. The molecule has 0 unspecified atom stereocenters. The second-order valence-electron chi connectivity index (χ2n) is 7.57. The SMILES string of the molecule is C[As](C)c1ccc(N(c2ccc([As](C)C)cc2)c2ccc([As](C)C)cc2)cc1. The summed E-state index contributed by atoms with van der Waals surface area (Å²) in [5.74, 6) is 0. The first-order valence-corrected chi connectivity index (χ1v) is 23.6. The second kappa shape index (κ2) is 9.76. The fraction of sp³-hybridized carbons (Fsp3) is 0.250. The average molecular weight is 557 g/mol. The van der Waals surface area contributed by atoms with Crippen molar-refractivity contribution in [3.63, 3.8) is 0 Å². The Hall–Kier alpha value is -0.865. The van der Waals surface area contributed by atoms with Crippen LogP contribution in [0.15, 0.2) is 72.8 Å². The van der Waals surface area contributed by atoms with Crippen LogP contribution in [0.5, 0.6) is 0 Å². The molecule has 4 heteroatoms. The van der Waals surface area contributed by atoms with E-state index >= 15 is 0 Å². The van der Waals surface area contributed by atoms with Crippen LogP contribution in [0.2, 0.25) is 34.3 Å². The summed E-state index contributed by atoms with van der Waals surface area (Å²) in [5.41, 5.74) is 18.1. The van der Waals surface area contributed by atoms with Gasteiger partial charge in [0.25, 0.3) is 0 Å². The summed E-state index contributed by atoms with van der Waals surface area (Å²) < 4.78 is 4.58. The van der Waals surface area contributed by atoms with E-state index in [0.717, 1.165) is 0 Å². The molecule has 3 rings (SSSR count). The van der Waals surface area contributed by atoms with Crippen molar-refractivity contribution in [2.45, 2.75) is 34.3 Å². The van der Waals surface area contributed by atoms with Gasteiger partial charge in [0.05, 0.1) is 0 Å². The zero-order chi connectivity index (χ0) is 20.3. The molecule has 0 radical (unpaired) electrons. The third-order valence-corrected chi connectivity index (χ3v) is 13.3. The van der Waals surface area contributed by atoms with Gasteiger partial charge in [-0.05, 0) is 0 Å². The third kappa shape index (κ3) is 5.19. The van der Waals surface area contributed by atoms with E-state index < -0.39 is 44.0 Å². The van der Waals surface area contributed by atoms with Gasteiger partial charge < -0.3 is 0 Å². The van der Waals surface area contributed by atoms with Crippen LogP contribution < -0.4 is 18.0 Å². The van der Waals surface area contributed by atoms with Gasteiger partial charge in [0.2, 0.25) is 0 Å². The summed E-state index contributed by atoms with van der Waals surface area (Å²) in [6, 6.07) is 27.7. The Balaban J connectivity index is 2.04. The van der Waals surface area contributed by atoms with Crippen LogP contribution in [0.1, 0.15) is 0 Å². The molecule has 0 heterocycles. The van der Waals surface area contributed by atoms with Crippen LogP contribution in [0.4, 0.5) is 17.1 Å². The Morgan fingerprint density at radius 2 is 0.607 bits per heavy atom. The van der Waals surface area contributed by atoms with Gasteiger partial charge in [0.15, 0.2) is 0 Å². The first-order chi connectivity index (χ1) is 13.4. The molecule has 3 aromatic rings. The monoisotopic (exact) mass is 557 g/mol. The molecular weight excluding hydrogens is 527 g/mol. The van der Waals surface area contributed by atoms with Crippen molar-refractivity contribution >= 4 is 74.1 Å². The Morgan fingerprint density at radius 1 is 0.393 bits per heavy atom. The van der Waals surface area contributed by atoms with Crippen molar-refractivity contribution in [3.8, 4) is 0 Å². The molecule has 0 aliphatic rings. The van der Waals surface area contributed by atoms with Crippen molar-refractivity contribution in [1.82, 2.24) is 0 Å². The van der Waals surface area contributed by atoms with Crippen molar-refractivity contribution < 1.29 is 0 Å². The second-order valence-corrected chi connectivity index (χ2v) is 22.1. The molecule has 3 aromatic carbocycles. The molecule has 146 valence electrons. The predicted octanol–water partition coefficient (Wildman–Crippen LogP) is 5.04. The summed E-state index contributed by atoms with van der Waals surface area (Å²) in [7, 11) is 0. The zero-order valence-corrected chi connectivity index (χ0v) is 23.3. The van der Waals surface area contributed by atoms with Crippen LogP contribution in [-0.4, -0.2) is 44.0 Å².